The minimum Gasteiger partial charge on any atom is -0.472 e. The molecule has 5 rings (SSSR count). The molecular formula is C22H28F4N4O7S. The van der Waals surface area contributed by atoms with Gasteiger partial charge in [0.2, 0.25) is 5.82 Å². The van der Waals surface area contributed by atoms with E-state index in [4.69, 9.17) is 18.9 Å². The highest BCUT2D eigenvalue weighted by atomic mass is 32.2. The van der Waals surface area contributed by atoms with Gasteiger partial charge < -0.3 is 23.8 Å². The summed E-state index contributed by atoms with van der Waals surface area (Å²) in [4.78, 5) is 21.9. The lowest BCUT2D eigenvalue weighted by Crippen LogP contribution is -2.59. The zero-order chi connectivity index (χ0) is 27.3. The van der Waals surface area contributed by atoms with Gasteiger partial charge in [-0.05, 0) is 32.6 Å². The van der Waals surface area contributed by atoms with Gasteiger partial charge in [-0.1, -0.05) is 0 Å². The summed E-state index contributed by atoms with van der Waals surface area (Å²) in [7, 11) is -5.43. The van der Waals surface area contributed by atoms with Gasteiger partial charge in [-0.15, -0.1) is 0 Å². The summed E-state index contributed by atoms with van der Waals surface area (Å²) >= 11 is 0. The van der Waals surface area contributed by atoms with E-state index < -0.39 is 64.2 Å². The number of sulfonamides is 1. The zero-order valence-electron chi connectivity index (χ0n) is 20.5. The second-order valence-electron chi connectivity index (χ2n) is 10.3. The van der Waals surface area contributed by atoms with E-state index in [2.05, 4.69) is 9.97 Å². The van der Waals surface area contributed by atoms with E-state index in [0.717, 1.165) is 19.2 Å². The first-order valence-electron chi connectivity index (χ1n) is 12.3. The van der Waals surface area contributed by atoms with Gasteiger partial charge in [0.1, 0.15) is 24.1 Å². The van der Waals surface area contributed by atoms with Crippen molar-refractivity contribution in [3.8, 4) is 11.8 Å². The molecule has 212 valence electrons. The maximum atomic E-state index is 15.2. The third kappa shape index (κ3) is 5.47. The number of nitrogens with zero attached hydrogens (tertiary/aromatic N) is 4. The number of aromatic nitrogens is 2. The van der Waals surface area contributed by atoms with Crippen LogP contribution in [0.15, 0.2) is 6.33 Å². The Morgan fingerprint density at radius 3 is 2.21 bits per heavy atom. The molecule has 0 radical (unpaired) electrons. The van der Waals surface area contributed by atoms with Gasteiger partial charge in [0.15, 0.2) is 0 Å². The van der Waals surface area contributed by atoms with Crippen LogP contribution in [0, 0.1) is 17.7 Å². The molecule has 0 N–H and O–H groups in total. The summed E-state index contributed by atoms with van der Waals surface area (Å²) in [6.45, 7) is 2.26. The topological polar surface area (TPSA) is 120 Å². The first-order valence-corrected chi connectivity index (χ1v) is 13.8. The highest BCUT2D eigenvalue weighted by Gasteiger charge is 2.51. The van der Waals surface area contributed by atoms with Crippen LogP contribution in [-0.4, -0.2) is 96.4 Å². The van der Waals surface area contributed by atoms with Crippen LogP contribution >= 0.6 is 0 Å². The van der Waals surface area contributed by atoms with Crippen molar-refractivity contribution < 1.29 is 49.7 Å². The monoisotopic (exact) mass is 568 g/mol. The van der Waals surface area contributed by atoms with Gasteiger partial charge in [0, 0.05) is 38.0 Å². The Morgan fingerprint density at radius 1 is 1.08 bits per heavy atom. The molecular weight excluding hydrogens is 540 g/mol. The summed E-state index contributed by atoms with van der Waals surface area (Å²) in [5.74, 6) is -2.26. The van der Waals surface area contributed by atoms with Crippen LogP contribution in [0.2, 0.25) is 0 Å². The number of hydrogen-bond donors (Lipinski definition) is 0. The molecule has 0 aromatic carbocycles. The molecule has 16 heteroatoms. The highest BCUT2D eigenvalue weighted by molar-refractivity contribution is 7.90. The maximum Gasteiger partial charge on any atom is 0.511 e. The van der Waals surface area contributed by atoms with Gasteiger partial charge in [-0.25, -0.2) is 13.2 Å². The maximum absolute atomic E-state index is 15.2. The average Bonchev–Trinajstić information content (AvgIpc) is 3.57. The Bertz CT molecular complexity index is 1140. The van der Waals surface area contributed by atoms with E-state index in [-0.39, 0.29) is 30.6 Å². The van der Waals surface area contributed by atoms with Crippen molar-refractivity contribution in [3.05, 3.63) is 12.1 Å². The first-order chi connectivity index (χ1) is 17.9. The Morgan fingerprint density at radius 2 is 1.66 bits per heavy atom. The predicted octanol–water partition coefficient (Wildman–Crippen LogP) is 2.32. The van der Waals surface area contributed by atoms with Crippen LogP contribution in [0.25, 0.3) is 0 Å². The minimum absolute atomic E-state index is 0.0793. The summed E-state index contributed by atoms with van der Waals surface area (Å²) < 4.78 is 99.8. The third-order valence-electron chi connectivity index (χ3n) is 7.33. The Balaban J connectivity index is 1.20. The van der Waals surface area contributed by atoms with E-state index in [9.17, 15) is 26.4 Å². The van der Waals surface area contributed by atoms with Crippen molar-refractivity contribution in [2.45, 2.75) is 55.9 Å². The number of hydrogen-bond acceptors (Lipinski definition) is 9. The van der Waals surface area contributed by atoms with Crippen LogP contribution < -0.4 is 9.47 Å². The van der Waals surface area contributed by atoms with Crippen molar-refractivity contribution in [2.75, 3.05) is 39.4 Å². The second kappa shape index (κ2) is 9.93. The number of halogens is 4. The van der Waals surface area contributed by atoms with Crippen molar-refractivity contribution >= 4 is 16.1 Å². The largest absolute Gasteiger partial charge is 0.511 e. The molecule has 1 aromatic rings. The molecule has 4 heterocycles. The molecule has 1 saturated carbocycles. The van der Waals surface area contributed by atoms with Crippen LogP contribution in [-0.2, 0) is 19.5 Å². The van der Waals surface area contributed by atoms with Crippen LogP contribution in [0.5, 0.6) is 11.8 Å². The van der Waals surface area contributed by atoms with E-state index in [1.165, 1.54) is 0 Å². The lowest BCUT2D eigenvalue weighted by Gasteiger charge is -2.46. The SMILES string of the molecule is CC1(OC(=O)N2CC3COCC(C2)C3Oc2ncnc(OC3CCN(S(=O)(=O)C(F)(F)F)CC3)c2F)CC1. The van der Waals surface area contributed by atoms with Gasteiger partial charge in [-0.3, -0.25) is 0 Å². The molecule has 1 amide bonds. The number of likely N-dealkylation sites (tertiary alicyclic amines) is 1. The summed E-state index contributed by atoms with van der Waals surface area (Å²) in [5.41, 5.74) is -5.79. The number of amides is 1. The number of fused-ring (bicyclic) bond motifs is 2. The fourth-order valence-corrected chi connectivity index (χ4v) is 5.90. The van der Waals surface area contributed by atoms with Crippen molar-refractivity contribution in [2.24, 2.45) is 11.8 Å². The third-order valence-corrected chi connectivity index (χ3v) is 8.96. The molecule has 3 aliphatic heterocycles. The average molecular weight is 569 g/mol. The number of rotatable bonds is 6. The van der Waals surface area contributed by atoms with Gasteiger partial charge in [-0.2, -0.15) is 31.8 Å². The molecule has 1 aliphatic carbocycles. The summed E-state index contributed by atoms with van der Waals surface area (Å²) in [5, 5.41) is 0. The van der Waals surface area contributed by atoms with Crippen LogP contribution in [0.3, 0.4) is 0 Å². The van der Waals surface area contributed by atoms with Crippen LogP contribution in [0.4, 0.5) is 22.4 Å². The van der Waals surface area contributed by atoms with Crippen molar-refractivity contribution in [3.63, 3.8) is 0 Å². The van der Waals surface area contributed by atoms with E-state index in [0.29, 0.717) is 30.6 Å². The minimum atomic E-state index is -5.43. The van der Waals surface area contributed by atoms with E-state index >= 15 is 4.39 Å². The Labute approximate surface area is 216 Å². The molecule has 11 nitrogen and oxygen atoms in total. The van der Waals surface area contributed by atoms with Gasteiger partial charge in [0.05, 0.1) is 13.2 Å². The summed E-state index contributed by atoms with van der Waals surface area (Å²) in [6, 6.07) is 0. The number of carbonyl (C=O) groups excluding carboxylic acids is 1. The lowest BCUT2D eigenvalue weighted by atomic mass is 9.84. The van der Waals surface area contributed by atoms with Crippen molar-refractivity contribution in [1.29, 1.82) is 0 Å². The number of carbonyl (C=O) groups is 1. The molecule has 3 saturated heterocycles. The lowest BCUT2D eigenvalue weighted by molar-refractivity contribution is -0.112. The molecule has 38 heavy (non-hydrogen) atoms. The highest BCUT2D eigenvalue weighted by Crippen LogP contribution is 2.40. The fourth-order valence-electron chi connectivity index (χ4n) is 4.92. The Kier molecular flexibility index (Phi) is 7.09. The quantitative estimate of drug-likeness (QED) is 0.476. The van der Waals surface area contributed by atoms with Crippen LogP contribution in [0.1, 0.15) is 32.6 Å². The smallest absolute Gasteiger partial charge is 0.472 e. The summed E-state index contributed by atoms with van der Waals surface area (Å²) in [6.07, 6.45) is 0.924. The van der Waals surface area contributed by atoms with Gasteiger partial charge in [0.25, 0.3) is 11.8 Å². The molecule has 2 bridgehead atoms. The number of piperidine rings is 2. The predicted molar refractivity (Wildman–Crippen MR) is 120 cm³/mol. The first kappa shape index (κ1) is 27.1. The fraction of sp³-hybridized carbons (Fsp3) is 0.773. The zero-order valence-corrected chi connectivity index (χ0v) is 21.3. The Hall–Kier alpha value is -2.46. The van der Waals surface area contributed by atoms with E-state index in [1.807, 2.05) is 6.92 Å². The molecule has 2 unspecified atom stereocenters. The van der Waals surface area contributed by atoms with E-state index in [1.54, 1.807) is 4.90 Å². The van der Waals surface area contributed by atoms with Crippen molar-refractivity contribution in [1.82, 2.24) is 19.2 Å². The molecule has 4 aliphatic rings. The number of alkyl halides is 3. The number of ether oxygens (including phenoxy) is 4. The second-order valence-corrected chi connectivity index (χ2v) is 12.3. The normalized spacial score (nSPS) is 28.0. The molecule has 0 spiro atoms. The standard InChI is InChI=1S/C22H28F4N4O7S/c1-21(4-5-21)37-20(31)29-8-13-10-34-11-14(9-29)17(13)36-19-16(23)18(27-12-28-19)35-15-2-6-30(7-3-15)38(32,33)22(24,25)26/h12-15,17H,2-11H2,1H3. The molecule has 1 aromatic heterocycles. The molecule has 2 atom stereocenters. The molecule has 4 fully saturated rings. The van der Waals surface area contributed by atoms with Gasteiger partial charge >= 0.3 is 21.6 Å².